The first-order valence-corrected chi connectivity index (χ1v) is 11.5. The van der Waals surface area contributed by atoms with Crippen molar-refractivity contribution in [1.82, 2.24) is 15.6 Å². The number of alkyl carbamates (subject to hydrolysis) is 1. The lowest BCUT2D eigenvalue weighted by Crippen LogP contribution is -2.39. The zero-order valence-corrected chi connectivity index (χ0v) is 19.4. The van der Waals surface area contributed by atoms with E-state index in [2.05, 4.69) is 39.9 Å². The molecule has 8 heteroatoms. The van der Waals surface area contributed by atoms with Gasteiger partial charge in [0.2, 0.25) is 5.91 Å². The number of hydrogen-bond acceptors (Lipinski definition) is 5. The molecule has 0 fully saturated rings. The molecule has 4 rings (SSSR count). The molecule has 180 valence electrons. The van der Waals surface area contributed by atoms with Crippen LogP contribution in [0.5, 0.6) is 0 Å². The van der Waals surface area contributed by atoms with Crippen LogP contribution in [0.25, 0.3) is 11.1 Å². The van der Waals surface area contributed by atoms with Gasteiger partial charge in [-0.3, -0.25) is 4.79 Å². The number of benzene rings is 2. The number of carboxylic acid groups (broad SMARTS) is 1. The molecular weight excluding hydrogens is 446 g/mol. The summed E-state index contributed by atoms with van der Waals surface area (Å²) >= 11 is 0. The topological polar surface area (TPSA) is 118 Å². The number of fused-ring (bicyclic) bond motifs is 3. The van der Waals surface area contributed by atoms with Crippen LogP contribution < -0.4 is 10.6 Å². The molecule has 2 amide bonds. The number of ether oxygens (including phenoxy) is 1. The summed E-state index contributed by atoms with van der Waals surface area (Å²) < 4.78 is 5.58. The van der Waals surface area contributed by atoms with E-state index in [9.17, 15) is 14.4 Å². The Kier molecular flexibility index (Phi) is 7.40. The number of aromatic carboxylic acids is 1. The Balaban J connectivity index is 1.27. The number of hydrogen-bond donors (Lipinski definition) is 3. The number of aromatic nitrogens is 1. The van der Waals surface area contributed by atoms with Crippen molar-refractivity contribution in [1.29, 1.82) is 0 Å². The van der Waals surface area contributed by atoms with Crippen LogP contribution in [0, 0.1) is 0 Å². The van der Waals surface area contributed by atoms with Gasteiger partial charge in [-0.1, -0.05) is 61.5 Å². The summed E-state index contributed by atoms with van der Waals surface area (Å²) in [6.45, 7) is 2.31. The zero-order chi connectivity index (χ0) is 24.8. The Morgan fingerprint density at radius 3 is 2.23 bits per heavy atom. The van der Waals surface area contributed by atoms with Gasteiger partial charge in [-0.25, -0.2) is 14.6 Å². The van der Waals surface area contributed by atoms with Crippen LogP contribution in [0.1, 0.15) is 52.9 Å². The van der Waals surface area contributed by atoms with Crippen molar-refractivity contribution in [3.05, 3.63) is 89.2 Å². The quantitative estimate of drug-likeness (QED) is 0.431. The van der Waals surface area contributed by atoms with Crippen molar-refractivity contribution >= 4 is 18.0 Å². The van der Waals surface area contributed by atoms with Crippen LogP contribution >= 0.6 is 0 Å². The second-order valence-corrected chi connectivity index (χ2v) is 8.41. The smallest absolute Gasteiger partial charge is 0.407 e. The molecule has 2 aromatic carbocycles. The third-order valence-electron chi connectivity index (χ3n) is 6.12. The standard InChI is InChI=1S/C27H27N3O5/c1-2-18(13-25(31)29-15-17-11-12-24(26(32)33)28-14-17)30-27(34)35-16-23-21-9-5-3-7-19(21)20-8-4-6-10-22(20)23/h3-12,14,18,23H,2,13,15-16H2,1H3,(H,29,31)(H,30,34)(H,32,33). The van der Waals surface area contributed by atoms with E-state index in [0.717, 1.165) is 22.3 Å². The minimum absolute atomic E-state index is 0.0300. The van der Waals surface area contributed by atoms with E-state index in [4.69, 9.17) is 9.84 Å². The van der Waals surface area contributed by atoms with Gasteiger partial charge in [0.1, 0.15) is 12.3 Å². The predicted molar refractivity (Wildman–Crippen MR) is 130 cm³/mol. The average molecular weight is 474 g/mol. The fourth-order valence-corrected chi connectivity index (χ4v) is 4.26. The maximum Gasteiger partial charge on any atom is 0.407 e. The highest BCUT2D eigenvalue weighted by Gasteiger charge is 2.29. The molecule has 1 aliphatic rings. The maximum absolute atomic E-state index is 12.5. The summed E-state index contributed by atoms with van der Waals surface area (Å²) in [6.07, 6.45) is 1.52. The number of carbonyl (C=O) groups is 3. The third-order valence-corrected chi connectivity index (χ3v) is 6.12. The third kappa shape index (κ3) is 5.66. The first-order valence-electron chi connectivity index (χ1n) is 11.5. The Morgan fingerprint density at radius 2 is 1.66 bits per heavy atom. The number of carbonyl (C=O) groups excluding carboxylic acids is 2. The summed E-state index contributed by atoms with van der Waals surface area (Å²) in [6, 6.07) is 18.9. The summed E-state index contributed by atoms with van der Waals surface area (Å²) in [5.74, 6) is -1.37. The van der Waals surface area contributed by atoms with E-state index in [0.29, 0.717) is 12.0 Å². The molecule has 0 saturated carbocycles. The second-order valence-electron chi connectivity index (χ2n) is 8.41. The van der Waals surface area contributed by atoms with Gasteiger partial charge in [0.05, 0.1) is 0 Å². The second kappa shape index (κ2) is 10.8. The lowest BCUT2D eigenvalue weighted by Gasteiger charge is -2.19. The molecule has 0 aliphatic heterocycles. The SMILES string of the molecule is CCC(CC(=O)NCc1ccc(C(=O)O)nc1)NC(=O)OCC1c2ccccc2-c2ccccc21. The zero-order valence-electron chi connectivity index (χ0n) is 19.4. The number of pyridine rings is 1. The van der Waals surface area contributed by atoms with Crippen LogP contribution in [-0.4, -0.2) is 40.7 Å². The molecule has 1 heterocycles. The highest BCUT2D eigenvalue weighted by molar-refractivity contribution is 5.85. The van der Waals surface area contributed by atoms with Crippen LogP contribution in [0.4, 0.5) is 4.79 Å². The van der Waals surface area contributed by atoms with E-state index in [-0.39, 0.29) is 43.1 Å². The number of amides is 2. The van der Waals surface area contributed by atoms with E-state index in [1.54, 1.807) is 6.07 Å². The van der Waals surface area contributed by atoms with Gasteiger partial charge in [-0.15, -0.1) is 0 Å². The van der Waals surface area contributed by atoms with Gasteiger partial charge in [0, 0.05) is 31.1 Å². The number of nitrogens with one attached hydrogen (secondary N) is 2. The fourth-order valence-electron chi connectivity index (χ4n) is 4.26. The number of carboxylic acids is 1. The molecule has 8 nitrogen and oxygen atoms in total. The summed E-state index contributed by atoms with van der Waals surface area (Å²) in [7, 11) is 0. The van der Waals surface area contributed by atoms with E-state index >= 15 is 0 Å². The van der Waals surface area contributed by atoms with E-state index in [1.165, 1.54) is 12.3 Å². The molecular formula is C27H27N3O5. The highest BCUT2D eigenvalue weighted by Crippen LogP contribution is 2.44. The normalized spacial score (nSPS) is 12.8. The van der Waals surface area contributed by atoms with Crippen LogP contribution in [0.2, 0.25) is 0 Å². The molecule has 0 spiro atoms. The van der Waals surface area contributed by atoms with Crippen molar-refractivity contribution in [3.8, 4) is 11.1 Å². The van der Waals surface area contributed by atoms with E-state index < -0.39 is 12.1 Å². The highest BCUT2D eigenvalue weighted by atomic mass is 16.5. The molecule has 3 N–H and O–H groups in total. The molecule has 1 aromatic heterocycles. The Morgan fingerprint density at radius 1 is 1.00 bits per heavy atom. The first kappa shape index (κ1) is 23.9. The molecule has 0 bridgehead atoms. The predicted octanol–water partition coefficient (Wildman–Crippen LogP) is 4.10. The lowest BCUT2D eigenvalue weighted by molar-refractivity contribution is -0.121. The molecule has 1 atom stereocenters. The van der Waals surface area contributed by atoms with E-state index in [1.807, 2.05) is 31.2 Å². The minimum Gasteiger partial charge on any atom is -0.477 e. The molecule has 0 radical (unpaired) electrons. The molecule has 35 heavy (non-hydrogen) atoms. The van der Waals surface area contributed by atoms with Crippen molar-refractivity contribution in [3.63, 3.8) is 0 Å². The largest absolute Gasteiger partial charge is 0.477 e. The molecule has 0 saturated heterocycles. The van der Waals surface area contributed by atoms with Crippen LogP contribution in [-0.2, 0) is 16.1 Å². The van der Waals surface area contributed by atoms with Gasteiger partial charge < -0.3 is 20.5 Å². The van der Waals surface area contributed by atoms with Gasteiger partial charge in [0.15, 0.2) is 0 Å². The number of nitrogens with zero attached hydrogens (tertiary/aromatic N) is 1. The van der Waals surface area contributed by atoms with Crippen molar-refractivity contribution in [2.24, 2.45) is 0 Å². The minimum atomic E-state index is -1.11. The van der Waals surface area contributed by atoms with Crippen LogP contribution in [0.3, 0.4) is 0 Å². The Labute approximate surface area is 203 Å². The van der Waals surface area contributed by atoms with Crippen molar-refractivity contribution < 1.29 is 24.2 Å². The van der Waals surface area contributed by atoms with Crippen LogP contribution in [0.15, 0.2) is 66.9 Å². The average Bonchev–Trinajstić information content (AvgIpc) is 3.19. The van der Waals surface area contributed by atoms with Gasteiger partial charge in [-0.05, 0) is 40.3 Å². The van der Waals surface area contributed by atoms with Crippen molar-refractivity contribution in [2.45, 2.75) is 38.3 Å². The lowest BCUT2D eigenvalue weighted by atomic mass is 9.98. The monoisotopic (exact) mass is 473 g/mol. The Bertz CT molecular complexity index is 1180. The van der Waals surface area contributed by atoms with Crippen molar-refractivity contribution in [2.75, 3.05) is 6.61 Å². The maximum atomic E-state index is 12.5. The Hall–Kier alpha value is -4.20. The molecule has 3 aromatic rings. The first-order chi connectivity index (χ1) is 17.0. The molecule has 1 aliphatic carbocycles. The molecule has 1 unspecified atom stereocenters. The summed E-state index contributed by atoms with van der Waals surface area (Å²) in [5.41, 5.74) is 5.22. The summed E-state index contributed by atoms with van der Waals surface area (Å²) in [5, 5.41) is 14.5. The van der Waals surface area contributed by atoms with Gasteiger partial charge in [0.25, 0.3) is 0 Å². The summed E-state index contributed by atoms with van der Waals surface area (Å²) in [4.78, 5) is 39.6. The van der Waals surface area contributed by atoms with Gasteiger partial charge >= 0.3 is 12.1 Å². The number of rotatable bonds is 9. The fraction of sp³-hybridized carbons (Fsp3) is 0.259. The van der Waals surface area contributed by atoms with Gasteiger partial charge in [-0.2, -0.15) is 0 Å².